The second-order valence-electron chi connectivity index (χ2n) is 7.00. The van der Waals surface area contributed by atoms with Crippen LogP contribution in [0.15, 0.2) is 41.6 Å². The summed E-state index contributed by atoms with van der Waals surface area (Å²) < 4.78 is 28.9. The van der Waals surface area contributed by atoms with Gasteiger partial charge < -0.3 is 5.32 Å². The topological polar surface area (TPSA) is 84.3 Å². The zero-order chi connectivity index (χ0) is 19.4. The second-order valence-corrected chi connectivity index (χ2v) is 8.89. The van der Waals surface area contributed by atoms with Crippen LogP contribution in [0, 0.1) is 6.92 Å². The average molecular weight is 391 g/mol. The fraction of sp³-hybridized carbons (Fsp3) is 0.474. The number of amides is 1. The highest BCUT2D eigenvalue weighted by molar-refractivity contribution is 7.89. The normalized spacial score (nSPS) is 17.9. The van der Waals surface area contributed by atoms with E-state index in [0.717, 1.165) is 24.0 Å². The van der Waals surface area contributed by atoms with E-state index in [2.05, 4.69) is 10.4 Å². The molecule has 1 N–H and O–H groups in total. The number of hydrogen-bond acceptors (Lipinski definition) is 4. The summed E-state index contributed by atoms with van der Waals surface area (Å²) >= 11 is 0. The van der Waals surface area contributed by atoms with Crippen LogP contribution >= 0.6 is 0 Å². The first kappa shape index (κ1) is 19.6. The van der Waals surface area contributed by atoms with E-state index in [1.54, 1.807) is 28.9 Å². The molecule has 146 valence electrons. The molecule has 1 aliphatic heterocycles. The number of carbonyl (C=O) groups excluding carboxylic acids is 1. The van der Waals surface area contributed by atoms with Gasteiger partial charge in [0.05, 0.1) is 11.1 Å². The van der Waals surface area contributed by atoms with Crippen molar-refractivity contribution in [2.45, 2.75) is 43.5 Å². The molecule has 1 atom stereocenters. The summed E-state index contributed by atoms with van der Waals surface area (Å²) in [5.41, 5.74) is 2.12. The quantitative estimate of drug-likeness (QED) is 0.729. The van der Waals surface area contributed by atoms with Crippen LogP contribution in [0.4, 0.5) is 0 Å². The average Bonchev–Trinajstić information content (AvgIpc) is 3.28. The smallest absolute Gasteiger partial charge is 0.243 e. The molecule has 8 heteroatoms. The number of carbonyl (C=O) groups is 1. The molecule has 0 bridgehead atoms. The molecule has 0 spiro atoms. The van der Waals surface area contributed by atoms with Crippen molar-refractivity contribution in [3.8, 4) is 0 Å². The SMILES string of the molecule is Cc1ccc(S(=O)(=O)N2CCC[C@H]2C(=O)NCCCc2cnn(C)c2)cc1. The van der Waals surface area contributed by atoms with Crippen LogP contribution < -0.4 is 5.32 Å². The summed E-state index contributed by atoms with van der Waals surface area (Å²) in [7, 11) is -1.79. The number of aryl methyl sites for hydroxylation is 3. The molecular weight excluding hydrogens is 364 g/mol. The lowest BCUT2D eigenvalue weighted by Crippen LogP contribution is -2.46. The lowest BCUT2D eigenvalue weighted by molar-refractivity contribution is -0.124. The molecule has 0 aliphatic carbocycles. The van der Waals surface area contributed by atoms with E-state index >= 15 is 0 Å². The maximum Gasteiger partial charge on any atom is 0.243 e. The number of aromatic nitrogens is 2. The van der Waals surface area contributed by atoms with E-state index in [0.29, 0.717) is 25.9 Å². The summed E-state index contributed by atoms with van der Waals surface area (Å²) in [5.74, 6) is -0.214. The Labute approximate surface area is 160 Å². The minimum absolute atomic E-state index is 0.214. The molecule has 0 radical (unpaired) electrons. The van der Waals surface area contributed by atoms with Gasteiger partial charge >= 0.3 is 0 Å². The van der Waals surface area contributed by atoms with Gasteiger partial charge in [0.15, 0.2) is 0 Å². The van der Waals surface area contributed by atoms with Crippen molar-refractivity contribution in [3.05, 3.63) is 47.8 Å². The molecule has 7 nitrogen and oxygen atoms in total. The van der Waals surface area contributed by atoms with Gasteiger partial charge in [-0.25, -0.2) is 8.42 Å². The zero-order valence-electron chi connectivity index (χ0n) is 15.8. The number of sulfonamides is 1. The highest BCUT2D eigenvalue weighted by atomic mass is 32.2. The first-order valence-corrected chi connectivity index (χ1v) is 10.7. The van der Waals surface area contributed by atoms with Crippen LogP contribution in [0.3, 0.4) is 0 Å². The number of hydrogen-bond donors (Lipinski definition) is 1. The van der Waals surface area contributed by atoms with Gasteiger partial charge in [0.25, 0.3) is 0 Å². The molecule has 1 amide bonds. The molecular formula is C19H26N4O3S. The van der Waals surface area contributed by atoms with Crippen LogP contribution in [0.5, 0.6) is 0 Å². The summed E-state index contributed by atoms with van der Waals surface area (Å²) in [6.45, 7) is 2.81. The van der Waals surface area contributed by atoms with Crippen molar-refractivity contribution in [3.63, 3.8) is 0 Å². The Kier molecular flexibility index (Phi) is 5.96. The van der Waals surface area contributed by atoms with Gasteiger partial charge in [0, 0.05) is 26.3 Å². The molecule has 0 unspecified atom stereocenters. The largest absolute Gasteiger partial charge is 0.355 e. The van der Waals surface area contributed by atoms with Crippen LogP contribution in [0.1, 0.15) is 30.4 Å². The third-order valence-electron chi connectivity index (χ3n) is 4.83. The molecule has 1 aromatic heterocycles. The number of nitrogens with zero attached hydrogens (tertiary/aromatic N) is 3. The molecule has 0 saturated carbocycles. The van der Waals surface area contributed by atoms with E-state index in [-0.39, 0.29) is 10.8 Å². The Hall–Kier alpha value is -2.19. The maximum absolute atomic E-state index is 12.9. The van der Waals surface area contributed by atoms with E-state index < -0.39 is 16.1 Å². The fourth-order valence-electron chi connectivity index (χ4n) is 3.36. The molecule has 1 fully saturated rings. The summed E-state index contributed by atoms with van der Waals surface area (Å²) in [6, 6.07) is 6.12. The first-order chi connectivity index (χ1) is 12.9. The van der Waals surface area contributed by atoms with Gasteiger partial charge in [-0.05, 0) is 50.3 Å². The Morgan fingerprint density at radius 3 is 2.70 bits per heavy atom. The van der Waals surface area contributed by atoms with Crippen LogP contribution in [0.2, 0.25) is 0 Å². The van der Waals surface area contributed by atoms with Crippen molar-refractivity contribution < 1.29 is 13.2 Å². The molecule has 1 aliphatic rings. The Morgan fingerprint density at radius 2 is 2.04 bits per heavy atom. The molecule has 2 heterocycles. The Morgan fingerprint density at radius 1 is 1.30 bits per heavy atom. The van der Waals surface area contributed by atoms with E-state index in [4.69, 9.17) is 0 Å². The predicted molar refractivity (Wildman–Crippen MR) is 103 cm³/mol. The van der Waals surface area contributed by atoms with Gasteiger partial charge in [-0.2, -0.15) is 9.40 Å². The van der Waals surface area contributed by atoms with Gasteiger partial charge in [0.1, 0.15) is 6.04 Å². The van der Waals surface area contributed by atoms with Crippen molar-refractivity contribution in [1.82, 2.24) is 19.4 Å². The predicted octanol–water partition coefficient (Wildman–Crippen LogP) is 1.63. The van der Waals surface area contributed by atoms with Crippen LogP contribution in [0.25, 0.3) is 0 Å². The number of nitrogens with one attached hydrogen (secondary N) is 1. The number of rotatable bonds is 7. The third-order valence-corrected chi connectivity index (χ3v) is 6.76. The van der Waals surface area contributed by atoms with Crippen molar-refractivity contribution in [2.24, 2.45) is 7.05 Å². The van der Waals surface area contributed by atoms with E-state index in [1.165, 1.54) is 4.31 Å². The molecule has 1 saturated heterocycles. The Balaban J connectivity index is 1.58. The van der Waals surface area contributed by atoms with Gasteiger partial charge in [0.2, 0.25) is 15.9 Å². The summed E-state index contributed by atoms with van der Waals surface area (Å²) in [4.78, 5) is 12.8. The Bertz CT molecular complexity index is 890. The van der Waals surface area contributed by atoms with E-state index in [9.17, 15) is 13.2 Å². The standard InChI is InChI=1S/C19H26N4O3S/c1-15-7-9-17(10-8-15)27(25,26)23-12-4-6-18(23)19(24)20-11-3-5-16-13-21-22(2)14-16/h7-10,13-14,18H,3-6,11-12H2,1-2H3,(H,20,24)/t18-/m0/s1. The van der Waals surface area contributed by atoms with Crippen molar-refractivity contribution in [1.29, 1.82) is 0 Å². The van der Waals surface area contributed by atoms with Gasteiger partial charge in [-0.1, -0.05) is 17.7 Å². The van der Waals surface area contributed by atoms with Crippen LogP contribution in [-0.4, -0.2) is 47.5 Å². The van der Waals surface area contributed by atoms with Crippen molar-refractivity contribution in [2.75, 3.05) is 13.1 Å². The highest BCUT2D eigenvalue weighted by Gasteiger charge is 2.39. The van der Waals surface area contributed by atoms with Gasteiger partial charge in [-0.15, -0.1) is 0 Å². The summed E-state index contributed by atoms with van der Waals surface area (Å²) in [6.07, 6.45) is 6.63. The molecule has 2 aromatic rings. The second kappa shape index (κ2) is 8.22. The molecule has 27 heavy (non-hydrogen) atoms. The lowest BCUT2D eigenvalue weighted by atomic mass is 10.2. The minimum atomic E-state index is -3.66. The monoisotopic (exact) mass is 390 g/mol. The highest BCUT2D eigenvalue weighted by Crippen LogP contribution is 2.26. The third kappa shape index (κ3) is 4.56. The first-order valence-electron chi connectivity index (χ1n) is 9.21. The maximum atomic E-state index is 12.9. The number of benzene rings is 1. The van der Waals surface area contributed by atoms with Crippen LogP contribution in [-0.2, 0) is 28.3 Å². The van der Waals surface area contributed by atoms with Gasteiger partial charge in [-0.3, -0.25) is 9.48 Å². The lowest BCUT2D eigenvalue weighted by Gasteiger charge is -2.23. The van der Waals surface area contributed by atoms with E-state index in [1.807, 2.05) is 26.4 Å². The molecule has 1 aromatic carbocycles. The summed E-state index contributed by atoms with van der Waals surface area (Å²) in [5, 5.41) is 7.01. The minimum Gasteiger partial charge on any atom is -0.355 e. The van der Waals surface area contributed by atoms with Crippen molar-refractivity contribution >= 4 is 15.9 Å². The fourth-order valence-corrected chi connectivity index (χ4v) is 5.01. The molecule has 3 rings (SSSR count). The zero-order valence-corrected chi connectivity index (χ0v) is 16.6.